The SMILES string of the molecule is CC(=O)N1NC(CCC(C)C)=Nc2cnc3ccccc3c21. The molecule has 0 saturated carbocycles. The van der Waals surface area contributed by atoms with E-state index in [-0.39, 0.29) is 5.91 Å². The lowest BCUT2D eigenvalue weighted by atomic mass is 10.1. The lowest BCUT2D eigenvalue weighted by Crippen LogP contribution is -2.47. The smallest absolute Gasteiger partial charge is 0.242 e. The summed E-state index contributed by atoms with van der Waals surface area (Å²) in [6.07, 6.45) is 3.57. The van der Waals surface area contributed by atoms with Crippen LogP contribution in [-0.2, 0) is 4.79 Å². The number of fused-ring (bicyclic) bond motifs is 3. The number of carbonyl (C=O) groups excluding carboxylic acids is 1. The van der Waals surface area contributed by atoms with Crippen molar-refractivity contribution in [2.24, 2.45) is 10.9 Å². The Balaban J connectivity index is 2.09. The fourth-order valence-electron chi connectivity index (χ4n) is 2.56. The summed E-state index contributed by atoms with van der Waals surface area (Å²) in [6.45, 7) is 5.90. The average Bonchev–Trinajstić information content (AvgIpc) is 2.51. The third-order valence-corrected chi connectivity index (χ3v) is 3.72. The first kappa shape index (κ1) is 14.5. The van der Waals surface area contributed by atoms with Gasteiger partial charge in [0.25, 0.3) is 0 Å². The fraction of sp³-hybridized carbons (Fsp3) is 0.353. The van der Waals surface area contributed by atoms with Gasteiger partial charge in [-0.3, -0.25) is 15.2 Å². The van der Waals surface area contributed by atoms with Crippen LogP contribution in [0.5, 0.6) is 0 Å². The van der Waals surface area contributed by atoms with E-state index in [1.807, 2.05) is 24.3 Å². The summed E-state index contributed by atoms with van der Waals surface area (Å²) in [7, 11) is 0. The predicted molar refractivity (Wildman–Crippen MR) is 89.2 cm³/mol. The van der Waals surface area contributed by atoms with E-state index < -0.39 is 0 Å². The molecule has 3 rings (SSSR count). The number of hydrazine groups is 1. The van der Waals surface area contributed by atoms with Crippen LogP contribution >= 0.6 is 0 Å². The van der Waals surface area contributed by atoms with Crippen molar-refractivity contribution in [2.45, 2.75) is 33.6 Å². The van der Waals surface area contributed by atoms with Gasteiger partial charge in [0.15, 0.2) is 0 Å². The second kappa shape index (κ2) is 5.75. The molecule has 2 heterocycles. The molecular formula is C17H20N4O. The molecule has 1 aliphatic heterocycles. The highest BCUT2D eigenvalue weighted by molar-refractivity contribution is 6.10. The monoisotopic (exact) mass is 296 g/mol. The minimum absolute atomic E-state index is 0.0606. The van der Waals surface area contributed by atoms with Crippen molar-refractivity contribution < 1.29 is 4.79 Å². The van der Waals surface area contributed by atoms with Crippen LogP contribution in [0.25, 0.3) is 10.9 Å². The quantitative estimate of drug-likeness (QED) is 0.942. The Hall–Kier alpha value is -2.43. The fourth-order valence-corrected chi connectivity index (χ4v) is 2.56. The topological polar surface area (TPSA) is 57.6 Å². The summed E-state index contributed by atoms with van der Waals surface area (Å²) in [5.74, 6) is 1.34. The summed E-state index contributed by atoms with van der Waals surface area (Å²) in [5, 5.41) is 2.51. The number of nitrogens with one attached hydrogen (secondary N) is 1. The van der Waals surface area contributed by atoms with Gasteiger partial charge in [-0.2, -0.15) is 0 Å². The zero-order chi connectivity index (χ0) is 15.7. The van der Waals surface area contributed by atoms with Crippen molar-refractivity contribution in [3.8, 4) is 0 Å². The van der Waals surface area contributed by atoms with Crippen molar-refractivity contribution in [1.29, 1.82) is 0 Å². The Bertz CT molecular complexity index is 751. The third-order valence-electron chi connectivity index (χ3n) is 3.72. The van der Waals surface area contributed by atoms with Gasteiger partial charge in [-0.05, 0) is 18.4 Å². The molecule has 0 saturated heterocycles. The molecule has 0 fully saturated rings. The maximum absolute atomic E-state index is 12.1. The standard InChI is InChI=1S/C17H20N4O/c1-11(2)8-9-16-19-15-10-18-14-7-5-4-6-13(14)17(15)21(20-16)12(3)22/h4-7,10-11H,8-9H2,1-3H3,(H,19,20). The number of amidine groups is 1. The molecule has 1 N–H and O–H groups in total. The van der Waals surface area contributed by atoms with Crippen molar-refractivity contribution in [2.75, 3.05) is 5.01 Å². The van der Waals surface area contributed by atoms with E-state index in [4.69, 9.17) is 0 Å². The van der Waals surface area contributed by atoms with Crippen molar-refractivity contribution in [3.05, 3.63) is 30.5 Å². The van der Waals surface area contributed by atoms with Crippen LogP contribution in [0.3, 0.4) is 0 Å². The summed E-state index contributed by atoms with van der Waals surface area (Å²) >= 11 is 0. The van der Waals surface area contributed by atoms with E-state index in [2.05, 4.69) is 29.2 Å². The zero-order valence-corrected chi connectivity index (χ0v) is 13.1. The van der Waals surface area contributed by atoms with Crippen LogP contribution in [-0.4, -0.2) is 16.7 Å². The molecule has 0 bridgehead atoms. The van der Waals surface area contributed by atoms with Crippen LogP contribution in [0.4, 0.5) is 11.4 Å². The van der Waals surface area contributed by atoms with Gasteiger partial charge in [0.1, 0.15) is 17.2 Å². The Morgan fingerprint density at radius 2 is 2.09 bits per heavy atom. The number of anilines is 1. The normalized spacial score (nSPS) is 13.8. The first-order valence-corrected chi connectivity index (χ1v) is 7.59. The number of benzene rings is 1. The molecule has 114 valence electrons. The third kappa shape index (κ3) is 2.66. The van der Waals surface area contributed by atoms with Crippen LogP contribution < -0.4 is 10.4 Å². The Labute approximate surface area is 130 Å². The van der Waals surface area contributed by atoms with Gasteiger partial charge >= 0.3 is 0 Å². The van der Waals surface area contributed by atoms with E-state index >= 15 is 0 Å². The Morgan fingerprint density at radius 3 is 2.82 bits per heavy atom. The minimum atomic E-state index is -0.0606. The molecule has 22 heavy (non-hydrogen) atoms. The number of nitrogens with zero attached hydrogens (tertiary/aromatic N) is 3. The molecule has 5 heteroatoms. The molecule has 0 radical (unpaired) electrons. The molecule has 0 unspecified atom stereocenters. The highest BCUT2D eigenvalue weighted by Crippen LogP contribution is 2.36. The van der Waals surface area contributed by atoms with Crippen molar-refractivity contribution in [3.63, 3.8) is 0 Å². The first-order valence-electron chi connectivity index (χ1n) is 7.59. The highest BCUT2D eigenvalue weighted by atomic mass is 16.2. The van der Waals surface area contributed by atoms with Gasteiger partial charge in [-0.15, -0.1) is 0 Å². The maximum Gasteiger partial charge on any atom is 0.242 e. The first-order chi connectivity index (χ1) is 10.6. The van der Waals surface area contributed by atoms with Gasteiger partial charge in [-0.1, -0.05) is 32.0 Å². The number of carbonyl (C=O) groups is 1. The zero-order valence-electron chi connectivity index (χ0n) is 13.1. The van der Waals surface area contributed by atoms with Crippen LogP contribution in [0.15, 0.2) is 35.5 Å². The number of amides is 1. The number of hydrogen-bond donors (Lipinski definition) is 1. The van der Waals surface area contributed by atoms with Crippen LogP contribution in [0.2, 0.25) is 0 Å². The molecule has 2 aromatic rings. The molecule has 0 spiro atoms. The van der Waals surface area contributed by atoms with Gasteiger partial charge in [0.2, 0.25) is 5.91 Å². The lowest BCUT2D eigenvalue weighted by Gasteiger charge is -2.30. The number of para-hydroxylation sites is 1. The minimum Gasteiger partial charge on any atom is -0.278 e. The van der Waals surface area contributed by atoms with Crippen molar-refractivity contribution >= 4 is 34.0 Å². The van der Waals surface area contributed by atoms with E-state index in [1.54, 1.807) is 18.1 Å². The maximum atomic E-state index is 12.1. The predicted octanol–water partition coefficient (Wildman–Crippen LogP) is 3.57. The number of aromatic nitrogens is 1. The largest absolute Gasteiger partial charge is 0.278 e. The van der Waals surface area contributed by atoms with E-state index in [0.717, 1.165) is 41.0 Å². The number of rotatable bonds is 3. The van der Waals surface area contributed by atoms with E-state index in [9.17, 15) is 4.79 Å². The van der Waals surface area contributed by atoms with Crippen LogP contribution in [0.1, 0.15) is 33.6 Å². The number of pyridine rings is 1. The highest BCUT2D eigenvalue weighted by Gasteiger charge is 2.24. The van der Waals surface area contributed by atoms with Crippen molar-refractivity contribution in [1.82, 2.24) is 10.4 Å². The Morgan fingerprint density at radius 1 is 1.32 bits per heavy atom. The molecule has 1 aromatic heterocycles. The molecule has 1 amide bonds. The van der Waals surface area contributed by atoms with E-state index in [1.165, 1.54) is 0 Å². The van der Waals surface area contributed by atoms with Gasteiger partial charge in [-0.25, -0.2) is 10.0 Å². The molecule has 0 atom stereocenters. The molecule has 5 nitrogen and oxygen atoms in total. The summed E-state index contributed by atoms with van der Waals surface area (Å²) in [6, 6.07) is 7.79. The van der Waals surface area contributed by atoms with E-state index in [0.29, 0.717) is 5.92 Å². The van der Waals surface area contributed by atoms with Gasteiger partial charge in [0, 0.05) is 18.7 Å². The van der Waals surface area contributed by atoms with Gasteiger partial charge < -0.3 is 0 Å². The molecular weight excluding hydrogens is 276 g/mol. The second-order valence-corrected chi connectivity index (χ2v) is 5.97. The second-order valence-electron chi connectivity index (χ2n) is 5.97. The Kier molecular flexibility index (Phi) is 3.79. The lowest BCUT2D eigenvalue weighted by molar-refractivity contribution is -0.117. The van der Waals surface area contributed by atoms with Crippen LogP contribution in [0, 0.1) is 5.92 Å². The van der Waals surface area contributed by atoms with Gasteiger partial charge in [0.05, 0.1) is 11.7 Å². The summed E-state index contributed by atoms with van der Waals surface area (Å²) in [5.41, 5.74) is 5.54. The average molecular weight is 296 g/mol. The summed E-state index contributed by atoms with van der Waals surface area (Å²) < 4.78 is 0. The molecule has 1 aromatic carbocycles. The molecule has 1 aliphatic rings. The molecule has 0 aliphatic carbocycles. The number of aliphatic imine (C=N–C) groups is 1. The number of hydrogen-bond acceptors (Lipinski definition) is 4. The summed E-state index contributed by atoms with van der Waals surface area (Å²) in [4.78, 5) is 21.2.